The molecule has 1 fully saturated rings. The fraction of sp³-hybridized carbons (Fsp3) is 0.571. The van der Waals surface area contributed by atoms with E-state index in [0.29, 0.717) is 12.6 Å². The number of nitrogens with one attached hydrogen (secondary N) is 1. The Balaban J connectivity index is 1.59. The molecule has 0 bridgehead atoms. The van der Waals surface area contributed by atoms with Crippen LogP contribution in [0.25, 0.3) is 0 Å². The van der Waals surface area contributed by atoms with Gasteiger partial charge in [0.1, 0.15) is 12.7 Å². The van der Waals surface area contributed by atoms with Crippen LogP contribution in [0.3, 0.4) is 0 Å². The Hall–Kier alpha value is -1.26. The van der Waals surface area contributed by atoms with Crippen molar-refractivity contribution in [3.05, 3.63) is 24.3 Å². The maximum absolute atomic E-state index is 5.98. The van der Waals surface area contributed by atoms with E-state index < -0.39 is 0 Å². The maximum atomic E-state index is 5.98. The van der Waals surface area contributed by atoms with Crippen LogP contribution in [0.15, 0.2) is 24.3 Å². The maximum Gasteiger partial charge on any atom is 0.161 e. The van der Waals surface area contributed by atoms with Gasteiger partial charge < -0.3 is 14.8 Å². The van der Waals surface area contributed by atoms with E-state index >= 15 is 0 Å². The number of hydrogen-bond acceptors (Lipinski definition) is 4. The summed E-state index contributed by atoms with van der Waals surface area (Å²) in [6.07, 6.45) is 1.35. The zero-order chi connectivity index (χ0) is 12.4. The summed E-state index contributed by atoms with van der Waals surface area (Å²) in [5.74, 6) is 1.73. The van der Waals surface area contributed by atoms with Gasteiger partial charge in [0.25, 0.3) is 0 Å². The highest BCUT2D eigenvalue weighted by molar-refractivity contribution is 5.40. The molecular weight excluding hydrogens is 228 g/mol. The van der Waals surface area contributed by atoms with Crippen LogP contribution in [-0.4, -0.2) is 50.3 Å². The van der Waals surface area contributed by atoms with E-state index in [1.807, 2.05) is 24.3 Å². The Morgan fingerprint density at radius 2 is 2.17 bits per heavy atom. The standard InChI is InChI=1S/C14H20N2O2/c1-16(11-6-7-15-8-11)9-12-10-17-13-4-2-3-5-14(13)18-12/h2-5,11-12,15H,6-10H2,1H3. The number of ether oxygens (including phenoxy) is 2. The van der Waals surface area contributed by atoms with Crippen LogP contribution in [0.5, 0.6) is 11.5 Å². The second-order valence-corrected chi connectivity index (χ2v) is 5.08. The van der Waals surface area contributed by atoms with E-state index in [0.717, 1.165) is 31.1 Å². The van der Waals surface area contributed by atoms with Gasteiger partial charge >= 0.3 is 0 Å². The highest BCUT2D eigenvalue weighted by Crippen LogP contribution is 2.31. The molecule has 2 aliphatic rings. The van der Waals surface area contributed by atoms with E-state index in [1.54, 1.807) is 0 Å². The van der Waals surface area contributed by atoms with Gasteiger partial charge in [-0.3, -0.25) is 4.90 Å². The Kier molecular flexibility index (Phi) is 3.39. The fourth-order valence-electron chi connectivity index (χ4n) is 2.64. The lowest BCUT2D eigenvalue weighted by Gasteiger charge is -2.31. The average Bonchev–Trinajstić information content (AvgIpc) is 2.92. The molecule has 1 aromatic carbocycles. The van der Waals surface area contributed by atoms with Crippen molar-refractivity contribution in [1.82, 2.24) is 10.2 Å². The first-order chi connectivity index (χ1) is 8.83. The van der Waals surface area contributed by atoms with E-state index in [1.165, 1.54) is 6.42 Å². The quantitative estimate of drug-likeness (QED) is 0.869. The number of para-hydroxylation sites is 2. The first kappa shape index (κ1) is 11.8. The molecule has 1 aromatic rings. The van der Waals surface area contributed by atoms with Gasteiger partial charge in [-0.15, -0.1) is 0 Å². The molecule has 18 heavy (non-hydrogen) atoms. The fourth-order valence-corrected chi connectivity index (χ4v) is 2.64. The van der Waals surface area contributed by atoms with Crippen molar-refractivity contribution in [2.45, 2.75) is 18.6 Å². The Bertz CT molecular complexity index is 405. The molecule has 0 aromatic heterocycles. The average molecular weight is 248 g/mol. The monoisotopic (exact) mass is 248 g/mol. The molecular formula is C14H20N2O2. The van der Waals surface area contributed by atoms with Crippen molar-refractivity contribution in [3.63, 3.8) is 0 Å². The van der Waals surface area contributed by atoms with Crippen LogP contribution < -0.4 is 14.8 Å². The predicted octanol–water partition coefficient (Wildman–Crippen LogP) is 1.12. The molecule has 0 amide bonds. The second-order valence-electron chi connectivity index (χ2n) is 5.08. The third-order valence-corrected chi connectivity index (χ3v) is 3.72. The van der Waals surface area contributed by atoms with Crippen LogP contribution in [-0.2, 0) is 0 Å². The zero-order valence-electron chi connectivity index (χ0n) is 10.8. The van der Waals surface area contributed by atoms with Gasteiger partial charge in [-0.2, -0.15) is 0 Å². The molecule has 3 rings (SSSR count). The molecule has 2 unspecified atom stereocenters. The van der Waals surface area contributed by atoms with Crippen molar-refractivity contribution in [1.29, 1.82) is 0 Å². The molecule has 2 heterocycles. The minimum atomic E-state index is 0.130. The first-order valence-corrected chi connectivity index (χ1v) is 6.62. The van der Waals surface area contributed by atoms with Crippen LogP contribution in [0, 0.1) is 0 Å². The van der Waals surface area contributed by atoms with Crippen LogP contribution in [0.4, 0.5) is 0 Å². The van der Waals surface area contributed by atoms with Gasteiger partial charge in [-0.1, -0.05) is 12.1 Å². The van der Waals surface area contributed by atoms with E-state index in [4.69, 9.17) is 9.47 Å². The Morgan fingerprint density at radius 3 is 2.94 bits per heavy atom. The predicted molar refractivity (Wildman–Crippen MR) is 70.3 cm³/mol. The van der Waals surface area contributed by atoms with Gasteiger partial charge in [0.15, 0.2) is 11.5 Å². The number of fused-ring (bicyclic) bond motifs is 1. The van der Waals surface area contributed by atoms with E-state index in [-0.39, 0.29) is 6.10 Å². The molecule has 0 aliphatic carbocycles. The summed E-state index contributed by atoms with van der Waals surface area (Å²) >= 11 is 0. The van der Waals surface area contributed by atoms with Gasteiger partial charge in [0, 0.05) is 19.1 Å². The van der Waals surface area contributed by atoms with Gasteiger partial charge in [-0.05, 0) is 32.1 Å². The van der Waals surface area contributed by atoms with Gasteiger partial charge in [0.05, 0.1) is 0 Å². The lowest BCUT2D eigenvalue weighted by molar-refractivity contribution is 0.0565. The molecule has 0 radical (unpaired) electrons. The highest BCUT2D eigenvalue weighted by atomic mass is 16.6. The molecule has 0 spiro atoms. The van der Waals surface area contributed by atoms with Crippen molar-refractivity contribution in [3.8, 4) is 11.5 Å². The number of likely N-dealkylation sites (N-methyl/N-ethyl adjacent to an activating group) is 1. The van der Waals surface area contributed by atoms with E-state index in [2.05, 4.69) is 17.3 Å². The highest BCUT2D eigenvalue weighted by Gasteiger charge is 2.26. The number of hydrogen-bond donors (Lipinski definition) is 1. The second kappa shape index (κ2) is 5.16. The Labute approximate surface area is 108 Å². The molecule has 4 heteroatoms. The van der Waals surface area contributed by atoms with Crippen molar-refractivity contribution in [2.75, 3.05) is 33.3 Å². The third kappa shape index (κ3) is 2.44. The Morgan fingerprint density at radius 1 is 1.33 bits per heavy atom. The SMILES string of the molecule is CN(CC1COc2ccccc2O1)C1CCNC1. The number of nitrogens with zero attached hydrogens (tertiary/aromatic N) is 1. The largest absolute Gasteiger partial charge is 0.486 e. The smallest absolute Gasteiger partial charge is 0.161 e. The summed E-state index contributed by atoms with van der Waals surface area (Å²) in [6, 6.07) is 8.51. The van der Waals surface area contributed by atoms with Gasteiger partial charge in [0.2, 0.25) is 0 Å². The summed E-state index contributed by atoms with van der Waals surface area (Å²) < 4.78 is 11.7. The summed E-state index contributed by atoms with van der Waals surface area (Å²) in [7, 11) is 2.17. The lowest BCUT2D eigenvalue weighted by Crippen LogP contribution is -2.44. The minimum Gasteiger partial charge on any atom is -0.486 e. The van der Waals surface area contributed by atoms with E-state index in [9.17, 15) is 0 Å². The van der Waals surface area contributed by atoms with Crippen LogP contribution in [0.2, 0.25) is 0 Å². The molecule has 98 valence electrons. The van der Waals surface area contributed by atoms with Crippen molar-refractivity contribution in [2.24, 2.45) is 0 Å². The summed E-state index contributed by atoms with van der Waals surface area (Å²) in [5, 5.41) is 3.39. The number of rotatable bonds is 3. The molecule has 0 saturated carbocycles. The lowest BCUT2D eigenvalue weighted by atomic mass is 10.2. The first-order valence-electron chi connectivity index (χ1n) is 6.62. The zero-order valence-corrected chi connectivity index (χ0v) is 10.8. The van der Waals surface area contributed by atoms with Crippen molar-refractivity contribution < 1.29 is 9.47 Å². The minimum absolute atomic E-state index is 0.130. The normalized spacial score (nSPS) is 26.6. The summed E-state index contributed by atoms with van der Waals surface area (Å²) in [6.45, 7) is 3.77. The summed E-state index contributed by atoms with van der Waals surface area (Å²) in [4.78, 5) is 2.38. The van der Waals surface area contributed by atoms with Crippen LogP contribution in [0.1, 0.15) is 6.42 Å². The number of benzene rings is 1. The molecule has 1 saturated heterocycles. The van der Waals surface area contributed by atoms with Crippen molar-refractivity contribution >= 4 is 0 Å². The molecule has 4 nitrogen and oxygen atoms in total. The summed E-state index contributed by atoms with van der Waals surface area (Å²) in [5.41, 5.74) is 0. The third-order valence-electron chi connectivity index (χ3n) is 3.72. The van der Waals surface area contributed by atoms with Gasteiger partial charge in [-0.25, -0.2) is 0 Å². The topological polar surface area (TPSA) is 33.7 Å². The molecule has 2 aliphatic heterocycles. The molecule has 2 atom stereocenters. The van der Waals surface area contributed by atoms with Crippen LogP contribution >= 0.6 is 0 Å². The molecule has 1 N–H and O–H groups in total.